The third-order valence-corrected chi connectivity index (χ3v) is 2.69. The summed E-state index contributed by atoms with van der Waals surface area (Å²) in [6.45, 7) is 0. The molecule has 2 aromatic rings. The van der Waals surface area contributed by atoms with Crippen molar-refractivity contribution in [2.75, 3.05) is 19.0 Å². The van der Waals surface area contributed by atoms with Gasteiger partial charge in [-0.25, -0.2) is 4.98 Å². The van der Waals surface area contributed by atoms with E-state index >= 15 is 0 Å². The smallest absolute Gasteiger partial charge is 0.226 e. The molecule has 0 aliphatic rings. The lowest BCUT2D eigenvalue weighted by Gasteiger charge is -2.13. The summed E-state index contributed by atoms with van der Waals surface area (Å²) in [6.07, 6.45) is 0. The highest BCUT2D eigenvalue weighted by Crippen LogP contribution is 2.27. The van der Waals surface area contributed by atoms with Gasteiger partial charge in [-0.1, -0.05) is 41.9 Å². The number of anilines is 1. The first-order chi connectivity index (χ1) is 8.63. The van der Waals surface area contributed by atoms with Gasteiger partial charge in [-0.15, -0.1) is 0 Å². The minimum absolute atomic E-state index is 0.176. The lowest BCUT2D eigenvalue weighted by Crippen LogP contribution is -2.14. The van der Waals surface area contributed by atoms with Crippen molar-refractivity contribution < 1.29 is 0 Å². The third kappa shape index (κ3) is 2.27. The molecule has 0 saturated heterocycles. The largest absolute Gasteiger partial charge is 0.347 e. The Kier molecular flexibility index (Phi) is 3.45. The minimum Gasteiger partial charge on any atom is -0.347 e. The molecule has 0 aliphatic heterocycles. The zero-order valence-corrected chi connectivity index (χ0v) is 10.8. The molecule has 0 radical (unpaired) electrons. The predicted molar refractivity (Wildman–Crippen MR) is 71.5 cm³/mol. The first-order valence-corrected chi connectivity index (χ1v) is 5.71. The van der Waals surface area contributed by atoms with E-state index in [0.29, 0.717) is 17.2 Å². The maximum absolute atomic E-state index is 9.16. The normalized spacial score (nSPS) is 9.89. The molecular weight excluding hydrogens is 248 g/mol. The number of nitriles is 1. The average molecular weight is 259 g/mol. The van der Waals surface area contributed by atoms with Crippen molar-refractivity contribution in [3.8, 4) is 17.3 Å². The van der Waals surface area contributed by atoms with Crippen molar-refractivity contribution >= 4 is 17.5 Å². The number of benzene rings is 1. The summed E-state index contributed by atoms with van der Waals surface area (Å²) in [6, 6.07) is 11.5. The monoisotopic (exact) mass is 258 g/mol. The van der Waals surface area contributed by atoms with Crippen molar-refractivity contribution in [2.24, 2.45) is 0 Å². The van der Waals surface area contributed by atoms with Gasteiger partial charge in [0.2, 0.25) is 5.95 Å². The van der Waals surface area contributed by atoms with Crippen LogP contribution in [0.1, 0.15) is 5.56 Å². The molecule has 1 heterocycles. The summed E-state index contributed by atoms with van der Waals surface area (Å²) in [5.74, 6) is 0.484. The molecule has 0 N–H and O–H groups in total. The van der Waals surface area contributed by atoms with Crippen LogP contribution >= 0.6 is 11.6 Å². The highest BCUT2D eigenvalue weighted by atomic mass is 35.5. The lowest BCUT2D eigenvalue weighted by molar-refractivity contribution is 0.998. The first kappa shape index (κ1) is 12.3. The molecule has 5 heteroatoms. The van der Waals surface area contributed by atoms with E-state index in [9.17, 15) is 0 Å². The van der Waals surface area contributed by atoms with Crippen LogP contribution in [0.5, 0.6) is 0 Å². The average Bonchev–Trinajstić information content (AvgIpc) is 2.38. The fourth-order valence-electron chi connectivity index (χ4n) is 1.53. The van der Waals surface area contributed by atoms with E-state index in [0.717, 1.165) is 5.56 Å². The second-order valence-electron chi connectivity index (χ2n) is 3.91. The highest BCUT2D eigenvalue weighted by molar-refractivity contribution is 6.31. The molecule has 18 heavy (non-hydrogen) atoms. The number of halogens is 1. The second kappa shape index (κ2) is 5.03. The van der Waals surface area contributed by atoms with Gasteiger partial charge in [-0.3, -0.25) is 0 Å². The van der Waals surface area contributed by atoms with E-state index in [-0.39, 0.29) is 5.15 Å². The molecular formula is C13H11ClN4. The number of hydrogen-bond acceptors (Lipinski definition) is 4. The van der Waals surface area contributed by atoms with Gasteiger partial charge in [0.05, 0.1) is 5.69 Å². The maximum Gasteiger partial charge on any atom is 0.226 e. The third-order valence-electron chi connectivity index (χ3n) is 2.41. The number of nitrogens with zero attached hydrogens (tertiary/aromatic N) is 4. The molecule has 2 rings (SSSR count). The van der Waals surface area contributed by atoms with Crippen molar-refractivity contribution in [2.45, 2.75) is 0 Å². The van der Waals surface area contributed by atoms with Gasteiger partial charge in [0.1, 0.15) is 11.6 Å². The van der Waals surface area contributed by atoms with Crippen LogP contribution in [0.2, 0.25) is 5.15 Å². The molecule has 4 nitrogen and oxygen atoms in total. The van der Waals surface area contributed by atoms with Crippen LogP contribution in [0.3, 0.4) is 0 Å². The second-order valence-corrected chi connectivity index (χ2v) is 4.27. The summed E-state index contributed by atoms with van der Waals surface area (Å²) in [5, 5.41) is 9.34. The Morgan fingerprint density at radius 1 is 1.17 bits per heavy atom. The van der Waals surface area contributed by atoms with Crippen LogP contribution in [0.4, 0.5) is 5.95 Å². The summed E-state index contributed by atoms with van der Waals surface area (Å²) in [7, 11) is 3.65. The van der Waals surface area contributed by atoms with E-state index in [2.05, 4.69) is 16.0 Å². The Morgan fingerprint density at radius 2 is 1.83 bits per heavy atom. The SMILES string of the molecule is CN(C)c1nc(Cl)c(C#N)c(-c2ccccc2)n1. The van der Waals surface area contributed by atoms with Crippen LogP contribution in [0, 0.1) is 11.3 Å². The molecule has 1 aromatic carbocycles. The molecule has 0 spiro atoms. The van der Waals surface area contributed by atoms with E-state index < -0.39 is 0 Å². The summed E-state index contributed by atoms with van der Waals surface area (Å²) in [4.78, 5) is 10.2. The van der Waals surface area contributed by atoms with Crippen LogP contribution in [-0.2, 0) is 0 Å². The van der Waals surface area contributed by atoms with E-state index in [4.69, 9.17) is 16.9 Å². The molecule has 0 bridgehead atoms. The van der Waals surface area contributed by atoms with E-state index in [1.54, 1.807) is 4.90 Å². The van der Waals surface area contributed by atoms with Crippen molar-refractivity contribution in [3.63, 3.8) is 0 Å². The number of hydrogen-bond donors (Lipinski definition) is 0. The van der Waals surface area contributed by atoms with Gasteiger partial charge in [-0.05, 0) is 0 Å². The van der Waals surface area contributed by atoms with E-state index in [1.807, 2.05) is 44.4 Å². The molecule has 0 amide bonds. The summed E-state index contributed by atoms with van der Waals surface area (Å²) >= 11 is 6.03. The van der Waals surface area contributed by atoms with Gasteiger partial charge in [0, 0.05) is 19.7 Å². The van der Waals surface area contributed by atoms with Crippen LogP contribution in [0.15, 0.2) is 30.3 Å². The Labute approximate surface area is 110 Å². The lowest BCUT2D eigenvalue weighted by atomic mass is 10.1. The zero-order valence-electron chi connectivity index (χ0n) is 10.1. The number of aromatic nitrogens is 2. The Morgan fingerprint density at radius 3 is 2.39 bits per heavy atom. The van der Waals surface area contributed by atoms with Crippen LogP contribution in [0.25, 0.3) is 11.3 Å². The molecule has 0 unspecified atom stereocenters. The minimum atomic E-state index is 0.176. The Balaban J connectivity index is 2.69. The quantitative estimate of drug-likeness (QED) is 0.778. The standard InChI is InChI=1S/C13H11ClN4/c1-18(2)13-16-11(9-6-4-3-5-7-9)10(8-15)12(14)17-13/h3-7H,1-2H3. The molecule has 0 fully saturated rings. The molecule has 0 atom stereocenters. The van der Waals surface area contributed by atoms with Crippen molar-refractivity contribution in [1.82, 2.24) is 9.97 Å². The Bertz CT molecular complexity index is 602. The predicted octanol–water partition coefficient (Wildman–Crippen LogP) is 2.73. The maximum atomic E-state index is 9.16. The number of rotatable bonds is 2. The van der Waals surface area contributed by atoms with Crippen molar-refractivity contribution in [1.29, 1.82) is 5.26 Å². The van der Waals surface area contributed by atoms with Gasteiger partial charge >= 0.3 is 0 Å². The van der Waals surface area contributed by atoms with Gasteiger partial charge in [0.25, 0.3) is 0 Å². The van der Waals surface area contributed by atoms with E-state index in [1.165, 1.54) is 0 Å². The Hall–Kier alpha value is -2.12. The first-order valence-electron chi connectivity index (χ1n) is 5.34. The van der Waals surface area contributed by atoms with Crippen molar-refractivity contribution in [3.05, 3.63) is 41.0 Å². The fourth-order valence-corrected chi connectivity index (χ4v) is 1.73. The topological polar surface area (TPSA) is 52.8 Å². The zero-order chi connectivity index (χ0) is 13.1. The van der Waals surface area contributed by atoms with Gasteiger partial charge in [-0.2, -0.15) is 10.2 Å². The molecule has 90 valence electrons. The summed E-state index contributed by atoms with van der Waals surface area (Å²) < 4.78 is 0. The molecule has 0 aliphatic carbocycles. The fraction of sp³-hybridized carbons (Fsp3) is 0.154. The van der Waals surface area contributed by atoms with Crippen LogP contribution in [-0.4, -0.2) is 24.1 Å². The van der Waals surface area contributed by atoms with Crippen LogP contribution < -0.4 is 4.90 Å². The van der Waals surface area contributed by atoms with Gasteiger partial charge in [0.15, 0.2) is 5.15 Å². The molecule has 1 aromatic heterocycles. The summed E-state index contributed by atoms with van der Waals surface area (Å²) in [5.41, 5.74) is 1.71. The highest BCUT2D eigenvalue weighted by Gasteiger charge is 2.15. The molecule has 0 saturated carbocycles. The van der Waals surface area contributed by atoms with Gasteiger partial charge < -0.3 is 4.90 Å².